The van der Waals surface area contributed by atoms with Gasteiger partial charge in [-0.3, -0.25) is 9.59 Å². The molecule has 1 saturated heterocycles. The van der Waals surface area contributed by atoms with E-state index in [9.17, 15) is 14.0 Å². The van der Waals surface area contributed by atoms with Crippen molar-refractivity contribution in [2.24, 2.45) is 0 Å². The normalized spacial score (nSPS) is 17.6. The van der Waals surface area contributed by atoms with Crippen LogP contribution in [-0.4, -0.2) is 24.4 Å². The van der Waals surface area contributed by atoms with Crippen LogP contribution >= 0.6 is 0 Å². The Morgan fingerprint density at radius 2 is 1.77 bits per heavy atom. The van der Waals surface area contributed by atoms with Crippen LogP contribution in [-0.2, 0) is 4.79 Å². The molecular weight excluding hydrogens is 283 g/mol. The van der Waals surface area contributed by atoms with Crippen molar-refractivity contribution >= 4 is 17.5 Å². The van der Waals surface area contributed by atoms with Gasteiger partial charge in [-0.05, 0) is 36.4 Å². The predicted octanol–water partition coefficient (Wildman–Crippen LogP) is 2.36. The highest BCUT2D eigenvalue weighted by Crippen LogP contribution is 2.22. The minimum Gasteiger partial charge on any atom is -0.347 e. The topological polar surface area (TPSA) is 49.4 Å². The number of halogens is 1. The van der Waals surface area contributed by atoms with Crippen molar-refractivity contribution in [1.29, 1.82) is 0 Å². The lowest BCUT2D eigenvalue weighted by Gasteiger charge is -2.17. The zero-order valence-electron chi connectivity index (χ0n) is 11.8. The van der Waals surface area contributed by atoms with Gasteiger partial charge < -0.3 is 10.2 Å². The first-order valence-corrected chi connectivity index (χ1v) is 7.05. The van der Waals surface area contributed by atoms with Gasteiger partial charge in [0.05, 0.1) is 6.04 Å². The van der Waals surface area contributed by atoms with E-state index in [4.69, 9.17) is 0 Å². The molecule has 0 unspecified atom stereocenters. The van der Waals surface area contributed by atoms with E-state index in [1.807, 2.05) is 6.07 Å². The lowest BCUT2D eigenvalue weighted by atomic mass is 10.2. The van der Waals surface area contributed by atoms with Gasteiger partial charge in [0.2, 0.25) is 5.91 Å². The third-order valence-corrected chi connectivity index (χ3v) is 3.63. The lowest BCUT2D eigenvalue weighted by Crippen LogP contribution is -2.37. The highest BCUT2D eigenvalue weighted by atomic mass is 19.1. The first-order valence-electron chi connectivity index (χ1n) is 7.05. The van der Waals surface area contributed by atoms with Crippen molar-refractivity contribution in [3.63, 3.8) is 0 Å². The summed E-state index contributed by atoms with van der Waals surface area (Å²) in [7, 11) is 0. The Balaban J connectivity index is 1.67. The Labute approximate surface area is 127 Å². The van der Waals surface area contributed by atoms with Crippen LogP contribution in [0, 0.1) is 5.82 Å². The molecule has 2 amide bonds. The van der Waals surface area contributed by atoms with Gasteiger partial charge in [-0.15, -0.1) is 0 Å². The first-order chi connectivity index (χ1) is 10.6. The van der Waals surface area contributed by atoms with Crippen LogP contribution < -0.4 is 10.2 Å². The van der Waals surface area contributed by atoms with Crippen LogP contribution in [0.2, 0.25) is 0 Å². The van der Waals surface area contributed by atoms with Crippen LogP contribution in [0.15, 0.2) is 54.6 Å². The van der Waals surface area contributed by atoms with Crippen LogP contribution in [0.5, 0.6) is 0 Å². The molecule has 0 radical (unpaired) electrons. The largest absolute Gasteiger partial charge is 0.347 e. The molecule has 2 aromatic rings. The molecule has 0 spiro atoms. The number of amides is 2. The standard InChI is InChI=1S/C17H15FN2O2/c18-13-6-8-15(9-7-13)20-11-14(10-16(20)21)19-17(22)12-4-2-1-3-5-12/h1-9,14H,10-11H2,(H,19,22)/t14-/m0/s1. The Bertz CT molecular complexity index is 686. The SMILES string of the molecule is O=C(N[C@H]1CC(=O)N(c2ccc(F)cc2)C1)c1ccccc1. The second-order valence-corrected chi connectivity index (χ2v) is 5.22. The summed E-state index contributed by atoms with van der Waals surface area (Å²) in [4.78, 5) is 25.7. The molecule has 1 atom stereocenters. The molecule has 1 N–H and O–H groups in total. The van der Waals surface area contributed by atoms with Crippen LogP contribution in [0.3, 0.4) is 0 Å². The maximum Gasteiger partial charge on any atom is 0.251 e. The van der Waals surface area contributed by atoms with E-state index < -0.39 is 0 Å². The van der Waals surface area contributed by atoms with Crippen molar-refractivity contribution in [2.45, 2.75) is 12.5 Å². The summed E-state index contributed by atoms with van der Waals surface area (Å²) in [6.07, 6.45) is 0.246. The number of hydrogen-bond acceptors (Lipinski definition) is 2. The monoisotopic (exact) mass is 298 g/mol. The minimum absolute atomic E-state index is 0.0787. The fraction of sp³-hybridized carbons (Fsp3) is 0.176. The van der Waals surface area contributed by atoms with Crippen molar-refractivity contribution in [3.8, 4) is 0 Å². The summed E-state index contributed by atoms with van der Waals surface area (Å²) in [5.41, 5.74) is 1.21. The second-order valence-electron chi connectivity index (χ2n) is 5.22. The molecule has 1 fully saturated rings. The zero-order valence-corrected chi connectivity index (χ0v) is 11.8. The molecule has 2 aromatic carbocycles. The van der Waals surface area contributed by atoms with E-state index in [0.29, 0.717) is 17.8 Å². The van der Waals surface area contributed by atoms with Crippen LogP contribution in [0.1, 0.15) is 16.8 Å². The van der Waals surface area contributed by atoms with Crippen molar-refractivity contribution in [3.05, 3.63) is 66.0 Å². The van der Waals surface area contributed by atoms with E-state index >= 15 is 0 Å². The Morgan fingerprint density at radius 3 is 2.45 bits per heavy atom. The average molecular weight is 298 g/mol. The molecule has 0 aliphatic carbocycles. The van der Waals surface area contributed by atoms with E-state index in [-0.39, 0.29) is 30.1 Å². The number of nitrogens with zero attached hydrogens (tertiary/aromatic N) is 1. The molecule has 1 heterocycles. The molecule has 112 valence electrons. The molecule has 0 bridgehead atoms. The summed E-state index contributed by atoms with van der Waals surface area (Å²) in [5, 5.41) is 2.86. The van der Waals surface area contributed by atoms with Crippen LogP contribution in [0.25, 0.3) is 0 Å². The molecular formula is C17H15FN2O2. The highest BCUT2D eigenvalue weighted by molar-refractivity contribution is 5.98. The van der Waals surface area contributed by atoms with Gasteiger partial charge in [0.1, 0.15) is 5.82 Å². The van der Waals surface area contributed by atoms with Crippen molar-refractivity contribution < 1.29 is 14.0 Å². The van der Waals surface area contributed by atoms with E-state index in [1.165, 1.54) is 12.1 Å². The van der Waals surface area contributed by atoms with Gasteiger partial charge in [0.25, 0.3) is 5.91 Å². The van der Waals surface area contributed by atoms with Gasteiger partial charge in [-0.1, -0.05) is 18.2 Å². The third-order valence-electron chi connectivity index (χ3n) is 3.63. The van der Waals surface area contributed by atoms with Gasteiger partial charge in [0, 0.05) is 24.2 Å². The van der Waals surface area contributed by atoms with Gasteiger partial charge >= 0.3 is 0 Å². The number of benzene rings is 2. The zero-order chi connectivity index (χ0) is 15.5. The summed E-state index contributed by atoms with van der Waals surface area (Å²) >= 11 is 0. The summed E-state index contributed by atoms with van der Waals surface area (Å²) in [5.74, 6) is -0.617. The van der Waals surface area contributed by atoms with Crippen molar-refractivity contribution in [2.75, 3.05) is 11.4 Å². The van der Waals surface area contributed by atoms with Gasteiger partial charge in [-0.25, -0.2) is 4.39 Å². The summed E-state index contributed by atoms with van der Waals surface area (Å²) in [6.45, 7) is 0.392. The van der Waals surface area contributed by atoms with E-state index in [1.54, 1.807) is 41.3 Å². The molecule has 1 aliphatic rings. The quantitative estimate of drug-likeness (QED) is 0.945. The number of hydrogen-bond donors (Lipinski definition) is 1. The fourth-order valence-electron chi connectivity index (χ4n) is 2.53. The molecule has 0 aromatic heterocycles. The Hall–Kier alpha value is -2.69. The molecule has 0 saturated carbocycles. The van der Waals surface area contributed by atoms with E-state index in [0.717, 1.165) is 0 Å². The molecule has 22 heavy (non-hydrogen) atoms. The van der Waals surface area contributed by atoms with Gasteiger partial charge in [0.15, 0.2) is 0 Å². The first kappa shape index (κ1) is 14.3. The molecule has 5 heteroatoms. The molecule has 4 nitrogen and oxygen atoms in total. The maximum absolute atomic E-state index is 12.9. The Kier molecular flexibility index (Phi) is 3.87. The average Bonchev–Trinajstić information content (AvgIpc) is 2.89. The number of anilines is 1. The predicted molar refractivity (Wildman–Crippen MR) is 81.1 cm³/mol. The second kappa shape index (κ2) is 5.97. The van der Waals surface area contributed by atoms with E-state index in [2.05, 4.69) is 5.32 Å². The number of carbonyl (C=O) groups is 2. The molecule has 3 rings (SSSR count). The lowest BCUT2D eigenvalue weighted by molar-refractivity contribution is -0.117. The Morgan fingerprint density at radius 1 is 1.09 bits per heavy atom. The minimum atomic E-state index is -0.343. The smallest absolute Gasteiger partial charge is 0.251 e. The fourth-order valence-corrected chi connectivity index (χ4v) is 2.53. The third kappa shape index (κ3) is 2.98. The van der Waals surface area contributed by atoms with Crippen LogP contribution in [0.4, 0.5) is 10.1 Å². The summed E-state index contributed by atoms with van der Waals surface area (Å²) < 4.78 is 12.9. The molecule has 1 aliphatic heterocycles. The maximum atomic E-state index is 12.9. The van der Waals surface area contributed by atoms with Crippen molar-refractivity contribution in [1.82, 2.24) is 5.32 Å². The highest BCUT2D eigenvalue weighted by Gasteiger charge is 2.31. The van der Waals surface area contributed by atoms with Gasteiger partial charge in [-0.2, -0.15) is 0 Å². The number of carbonyl (C=O) groups excluding carboxylic acids is 2. The summed E-state index contributed by atoms with van der Waals surface area (Å²) in [6, 6.07) is 14.4. The number of rotatable bonds is 3. The number of nitrogens with one attached hydrogen (secondary N) is 1.